The van der Waals surface area contributed by atoms with Crippen LogP contribution in [0, 0.1) is 5.82 Å². The van der Waals surface area contributed by atoms with E-state index in [1.54, 1.807) is 6.07 Å². The Hall–Kier alpha value is -1.46. The molecule has 3 rings (SSSR count). The molecule has 114 valence electrons. The predicted octanol–water partition coefficient (Wildman–Crippen LogP) is 1.64. The molecule has 4 nitrogen and oxygen atoms in total. The van der Waals surface area contributed by atoms with Crippen molar-refractivity contribution in [1.82, 2.24) is 10.2 Å². The summed E-state index contributed by atoms with van der Waals surface area (Å²) in [6, 6.07) is 5.38. The Bertz CT molecular complexity index is 528. The minimum Gasteiger partial charge on any atom is -0.366 e. The number of likely N-dealkylation sites (tertiary alicyclic amines) is 1. The number of halogens is 1. The van der Waals surface area contributed by atoms with E-state index in [9.17, 15) is 9.18 Å². The monoisotopic (exact) mass is 291 g/mol. The maximum absolute atomic E-state index is 14.0. The van der Waals surface area contributed by atoms with Crippen molar-refractivity contribution in [2.24, 2.45) is 5.73 Å². The van der Waals surface area contributed by atoms with Crippen LogP contribution >= 0.6 is 0 Å². The van der Waals surface area contributed by atoms with Gasteiger partial charge >= 0.3 is 0 Å². The van der Waals surface area contributed by atoms with E-state index in [4.69, 9.17) is 5.73 Å². The lowest BCUT2D eigenvalue weighted by molar-refractivity contribution is 0.1000. The first-order valence-corrected chi connectivity index (χ1v) is 7.71. The highest BCUT2D eigenvalue weighted by atomic mass is 19.1. The zero-order valence-electron chi connectivity index (χ0n) is 12.1. The first-order chi connectivity index (χ1) is 10.1. The summed E-state index contributed by atoms with van der Waals surface area (Å²) in [6.07, 6.45) is 4.74. The van der Waals surface area contributed by atoms with Crippen molar-refractivity contribution in [2.75, 3.05) is 13.1 Å². The van der Waals surface area contributed by atoms with Gasteiger partial charge in [0, 0.05) is 29.8 Å². The van der Waals surface area contributed by atoms with Crippen molar-refractivity contribution in [1.29, 1.82) is 0 Å². The molecule has 1 aromatic rings. The van der Waals surface area contributed by atoms with E-state index in [-0.39, 0.29) is 5.82 Å². The van der Waals surface area contributed by atoms with Gasteiger partial charge in [-0.15, -0.1) is 0 Å². The third-order valence-electron chi connectivity index (χ3n) is 4.68. The molecule has 1 aromatic carbocycles. The van der Waals surface area contributed by atoms with Gasteiger partial charge < -0.3 is 11.1 Å². The number of benzene rings is 1. The van der Waals surface area contributed by atoms with Crippen LogP contribution in [0.1, 0.15) is 41.6 Å². The lowest BCUT2D eigenvalue weighted by Gasteiger charge is -2.29. The topological polar surface area (TPSA) is 58.4 Å². The summed E-state index contributed by atoms with van der Waals surface area (Å²) in [7, 11) is 0. The maximum Gasteiger partial charge on any atom is 0.248 e. The Morgan fingerprint density at radius 1 is 1.38 bits per heavy atom. The Kier molecular flexibility index (Phi) is 4.22. The van der Waals surface area contributed by atoms with Gasteiger partial charge in [0.05, 0.1) is 0 Å². The summed E-state index contributed by atoms with van der Waals surface area (Å²) in [4.78, 5) is 13.6. The predicted molar refractivity (Wildman–Crippen MR) is 79.4 cm³/mol. The van der Waals surface area contributed by atoms with Crippen molar-refractivity contribution in [3.63, 3.8) is 0 Å². The molecule has 0 radical (unpaired) electrons. The first kappa shape index (κ1) is 14.5. The Morgan fingerprint density at radius 3 is 2.95 bits per heavy atom. The molecule has 2 aliphatic rings. The van der Waals surface area contributed by atoms with Crippen molar-refractivity contribution < 1.29 is 9.18 Å². The largest absolute Gasteiger partial charge is 0.366 e. The number of nitrogens with one attached hydrogen (secondary N) is 1. The maximum atomic E-state index is 14.0. The fourth-order valence-corrected chi connectivity index (χ4v) is 3.61. The summed E-state index contributed by atoms with van der Waals surface area (Å²) >= 11 is 0. The quantitative estimate of drug-likeness (QED) is 0.886. The molecule has 2 saturated heterocycles. The van der Waals surface area contributed by atoms with Gasteiger partial charge in [-0.1, -0.05) is 0 Å². The second-order valence-corrected chi connectivity index (χ2v) is 6.05. The number of rotatable bonds is 4. The molecule has 2 unspecified atom stereocenters. The van der Waals surface area contributed by atoms with Crippen LogP contribution in [0.15, 0.2) is 18.2 Å². The van der Waals surface area contributed by atoms with Crippen LogP contribution in [0.4, 0.5) is 4.39 Å². The zero-order chi connectivity index (χ0) is 14.8. The third-order valence-corrected chi connectivity index (χ3v) is 4.68. The number of primary amides is 1. The van der Waals surface area contributed by atoms with Gasteiger partial charge in [-0.2, -0.15) is 0 Å². The fourth-order valence-electron chi connectivity index (χ4n) is 3.61. The van der Waals surface area contributed by atoms with Crippen LogP contribution in [-0.2, 0) is 6.54 Å². The molecular weight excluding hydrogens is 269 g/mol. The zero-order valence-corrected chi connectivity index (χ0v) is 12.1. The number of carbonyl (C=O) groups is 1. The molecule has 2 heterocycles. The smallest absolute Gasteiger partial charge is 0.248 e. The molecule has 5 heteroatoms. The van der Waals surface area contributed by atoms with Gasteiger partial charge in [0.1, 0.15) is 5.82 Å². The van der Waals surface area contributed by atoms with Gasteiger partial charge in [0.2, 0.25) is 5.91 Å². The van der Waals surface area contributed by atoms with E-state index >= 15 is 0 Å². The van der Waals surface area contributed by atoms with Gasteiger partial charge in [-0.05, 0) is 57.0 Å². The highest BCUT2D eigenvalue weighted by Crippen LogP contribution is 2.27. The molecule has 0 aromatic heterocycles. The average Bonchev–Trinajstić information content (AvgIpc) is 3.11. The summed E-state index contributed by atoms with van der Waals surface area (Å²) in [6.45, 7) is 2.62. The second kappa shape index (κ2) is 6.12. The van der Waals surface area contributed by atoms with Crippen LogP contribution < -0.4 is 11.1 Å². The van der Waals surface area contributed by atoms with Crippen molar-refractivity contribution in [3.05, 3.63) is 35.1 Å². The Labute approximate surface area is 124 Å². The average molecular weight is 291 g/mol. The lowest BCUT2D eigenvalue weighted by atomic mass is 10.0. The van der Waals surface area contributed by atoms with E-state index in [2.05, 4.69) is 10.2 Å². The van der Waals surface area contributed by atoms with Crippen molar-refractivity contribution in [3.8, 4) is 0 Å². The number of hydrogen-bond donors (Lipinski definition) is 2. The molecule has 0 aliphatic carbocycles. The number of amides is 1. The molecule has 1 amide bonds. The molecule has 0 spiro atoms. The highest BCUT2D eigenvalue weighted by Gasteiger charge is 2.33. The second-order valence-electron chi connectivity index (χ2n) is 6.05. The van der Waals surface area contributed by atoms with Crippen LogP contribution in [0.2, 0.25) is 0 Å². The SMILES string of the molecule is NC(=O)c1ccc(F)c(CN2CCCC2C2CCCN2)c1. The van der Waals surface area contributed by atoms with Gasteiger partial charge in [-0.3, -0.25) is 9.69 Å². The normalized spacial score (nSPS) is 26.3. The van der Waals surface area contributed by atoms with E-state index in [0.29, 0.717) is 29.8 Å². The van der Waals surface area contributed by atoms with Gasteiger partial charge in [-0.25, -0.2) is 4.39 Å². The number of nitrogens with zero attached hydrogens (tertiary/aromatic N) is 1. The third kappa shape index (κ3) is 3.09. The van der Waals surface area contributed by atoms with E-state index in [0.717, 1.165) is 25.9 Å². The molecule has 3 N–H and O–H groups in total. The minimum atomic E-state index is -0.508. The minimum absolute atomic E-state index is 0.259. The number of carbonyl (C=O) groups excluding carboxylic acids is 1. The first-order valence-electron chi connectivity index (χ1n) is 7.71. The van der Waals surface area contributed by atoms with Crippen LogP contribution in [0.3, 0.4) is 0 Å². The van der Waals surface area contributed by atoms with E-state index in [1.165, 1.54) is 25.0 Å². The van der Waals surface area contributed by atoms with E-state index < -0.39 is 5.91 Å². The lowest BCUT2D eigenvalue weighted by Crippen LogP contribution is -2.43. The van der Waals surface area contributed by atoms with Crippen molar-refractivity contribution in [2.45, 2.75) is 44.3 Å². The van der Waals surface area contributed by atoms with Gasteiger partial charge in [0.25, 0.3) is 0 Å². The van der Waals surface area contributed by atoms with E-state index in [1.807, 2.05) is 0 Å². The Morgan fingerprint density at radius 2 is 2.24 bits per heavy atom. The van der Waals surface area contributed by atoms with Gasteiger partial charge in [0.15, 0.2) is 0 Å². The Balaban J connectivity index is 1.75. The molecule has 2 fully saturated rings. The molecule has 2 aliphatic heterocycles. The fraction of sp³-hybridized carbons (Fsp3) is 0.562. The molecule has 0 bridgehead atoms. The molecule has 21 heavy (non-hydrogen) atoms. The number of nitrogens with two attached hydrogens (primary N) is 1. The molecule has 0 saturated carbocycles. The summed E-state index contributed by atoms with van der Waals surface area (Å²) in [5.41, 5.74) is 6.22. The van der Waals surface area contributed by atoms with Crippen molar-refractivity contribution >= 4 is 5.91 Å². The van der Waals surface area contributed by atoms with Crippen LogP contribution in [-0.4, -0.2) is 36.0 Å². The number of hydrogen-bond acceptors (Lipinski definition) is 3. The standard InChI is InChI=1S/C16H22FN3O/c17-13-6-5-11(16(18)21)9-12(13)10-20-8-2-4-15(20)14-3-1-7-19-14/h5-6,9,14-15,19H,1-4,7-8,10H2,(H2,18,21). The highest BCUT2D eigenvalue weighted by molar-refractivity contribution is 5.92. The summed E-state index contributed by atoms with van der Waals surface area (Å²) in [5.74, 6) is -0.767. The molecule has 2 atom stereocenters. The van der Waals surface area contributed by atoms with Crippen LogP contribution in [0.5, 0.6) is 0 Å². The summed E-state index contributed by atoms with van der Waals surface area (Å²) < 4.78 is 14.0. The molecular formula is C16H22FN3O. The van der Waals surface area contributed by atoms with Crippen LogP contribution in [0.25, 0.3) is 0 Å². The summed E-state index contributed by atoms with van der Waals surface area (Å²) in [5, 5.41) is 3.55.